The Morgan fingerprint density at radius 1 is 1.22 bits per heavy atom. The minimum absolute atomic E-state index is 0.455. The normalized spacial score (nSPS) is 17.9. The summed E-state index contributed by atoms with van der Waals surface area (Å²) in [5.41, 5.74) is 1.38. The molecule has 1 aliphatic carbocycles. The van der Waals surface area contributed by atoms with Crippen LogP contribution in [0.3, 0.4) is 0 Å². The maximum Gasteiger partial charge on any atom is 0.119 e. The molecule has 2 heteroatoms. The summed E-state index contributed by atoms with van der Waals surface area (Å²) in [4.78, 5) is 0. The van der Waals surface area contributed by atoms with Gasteiger partial charge in [0.05, 0.1) is 6.10 Å². The Morgan fingerprint density at radius 3 is 2.44 bits per heavy atom. The maximum atomic E-state index is 5.97. The van der Waals surface area contributed by atoms with Gasteiger partial charge in [0.15, 0.2) is 0 Å². The number of rotatable bonds is 6. The topological polar surface area (TPSA) is 21.3 Å². The minimum Gasteiger partial charge on any atom is -0.490 e. The van der Waals surface area contributed by atoms with E-state index in [1.165, 1.54) is 31.2 Å². The van der Waals surface area contributed by atoms with Gasteiger partial charge in [-0.3, -0.25) is 0 Å². The summed E-state index contributed by atoms with van der Waals surface area (Å²) in [5, 5.41) is 3.34. The number of likely N-dealkylation sites (N-methyl/N-ethyl adjacent to an activating group) is 1. The molecule has 1 atom stereocenters. The van der Waals surface area contributed by atoms with Gasteiger partial charge in [0.25, 0.3) is 0 Å². The van der Waals surface area contributed by atoms with Crippen molar-refractivity contribution in [2.75, 3.05) is 7.05 Å². The van der Waals surface area contributed by atoms with Crippen molar-refractivity contribution in [2.24, 2.45) is 0 Å². The third kappa shape index (κ3) is 3.74. The van der Waals surface area contributed by atoms with Crippen molar-refractivity contribution in [1.82, 2.24) is 5.32 Å². The van der Waals surface area contributed by atoms with Crippen LogP contribution in [0.5, 0.6) is 5.75 Å². The van der Waals surface area contributed by atoms with Crippen LogP contribution in [-0.2, 0) is 6.42 Å². The average Bonchev–Trinajstić information content (AvgIpc) is 2.91. The summed E-state index contributed by atoms with van der Waals surface area (Å²) < 4.78 is 5.97. The highest BCUT2D eigenvalue weighted by molar-refractivity contribution is 5.28. The third-order valence-electron chi connectivity index (χ3n) is 3.91. The van der Waals surface area contributed by atoms with Crippen molar-refractivity contribution in [3.05, 3.63) is 29.8 Å². The molecule has 0 radical (unpaired) electrons. The molecule has 2 rings (SSSR count). The first-order valence-electron chi connectivity index (χ1n) is 7.24. The molecule has 1 fully saturated rings. The van der Waals surface area contributed by atoms with Crippen LogP contribution in [0.4, 0.5) is 0 Å². The van der Waals surface area contributed by atoms with E-state index in [0.29, 0.717) is 12.1 Å². The van der Waals surface area contributed by atoms with Crippen LogP contribution in [0, 0.1) is 0 Å². The van der Waals surface area contributed by atoms with Crippen molar-refractivity contribution in [1.29, 1.82) is 0 Å². The van der Waals surface area contributed by atoms with Gasteiger partial charge in [-0.2, -0.15) is 0 Å². The standard InChI is InChI=1S/C16H25NO/c1-3-14(17-2)12-13-8-10-16(11-9-13)18-15-6-4-5-7-15/h8-11,14-15,17H,3-7,12H2,1-2H3. The van der Waals surface area contributed by atoms with Crippen LogP contribution < -0.4 is 10.1 Å². The lowest BCUT2D eigenvalue weighted by Gasteiger charge is -2.15. The van der Waals surface area contributed by atoms with E-state index >= 15 is 0 Å². The van der Waals surface area contributed by atoms with E-state index in [-0.39, 0.29) is 0 Å². The first-order valence-corrected chi connectivity index (χ1v) is 7.24. The molecule has 0 saturated heterocycles. The molecule has 1 N–H and O–H groups in total. The largest absolute Gasteiger partial charge is 0.490 e. The van der Waals surface area contributed by atoms with Crippen LogP contribution in [0.2, 0.25) is 0 Å². The molecule has 1 aromatic carbocycles. The molecule has 2 nitrogen and oxygen atoms in total. The molecule has 1 aliphatic rings. The van der Waals surface area contributed by atoms with E-state index in [4.69, 9.17) is 4.74 Å². The first-order chi connectivity index (χ1) is 8.81. The van der Waals surface area contributed by atoms with E-state index in [0.717, 1.165) is 18.6 Å². The highest BCUT2D eigenvalue weighted by Crippen LogP contribution is 2.24. The van der Waals surface area contributed by atoms with Gasteiger partial charge in [-0.15, -0.1) is 0 Å². The predicted octanol–water partition coefficient (Wildman–Crippen LogP) is 3.55. The van der Waals surface area contributed by atoms with Crippen LogP contribution in [-0.4, -0.2) is 19.2 Å². The zero-order valence-electron chi connectivity index (χ0n) is 11.6. The van der Waals surface area contributed by atoms with Crippen molar-refractivity contribution in [3.63, 3.8) is 0 Å². The number of benzene rings is 1. The SMILES string of the molecule is CCC(Cc1ccc(OC2CCCC2)cc1)NC. The van der Waals surface area contributed by atoms with Gasteiger partial charge < -0.3 is 10.1 Å². The minimum atomic E-state index is 0.455. The Labute approximate surface area is 111 Å². The van der Waals surface area contributed by atoms with Crippen molar-refractivity contribution in [3.8, 4) is 5.75 Å². The summed E-state index contributed by atoms with van der Waals surface area (Å²) in [7, 11) is 2.03. The van der Waals surface area contributed by atoms with Gasteiger partial charge in [0, 0.05) is 6.04 Å². The quantitative estimate of drug-likeness (QED) is 0.830. The van der Waals surface area contributed by atoms with Crippen LogP contribution >= 0.6 is 0 Å². The summed E-state index contributed by atoms with van der Waals surface area (Å²) in [6.07, 6.45) is 7.80. The zero-order chi connectivity index (χ0) is 12.8. The number of nitrogens with one attached hydrogen (secondary N) is 1. The fraction of sp³-hybridized carbons (Fsp3) is 0.625. The Morgan fingerprint density at radius 2 is 1.89 bits per heavy atom. The van der Waals surface area contributed by atoms with E-state index in [2.05, 4.69) is 36.5 Å². The second kappa shape index (κ2) is 6.79. The first kappa shape index (κ1) is 13.4. The highest BCUT2D eigenvalue weighted by atomic mass is 16.5. The molecule has 1 aromatic rings. The Hall–Kier alpha value is -1.02. The van der Waals surface area contributed by atoms with Gasteiger partial charge in [-0.1, -0.05) is 19.1 Å². The fourth-order valence-corrected chi connectivity index (χ4v) is 2.64. The molecule has 0 bridgehead atoms. The molecule has 0 spiro atoms. The molecule has 0 aromatic heterocycles. The van der Waals surface area contributed by atoms with Crippen molar-refractivity contribution >= 4 is 0 Å². The molecule has 0 aliphatic heterocycles. The molecule has 100 valence electrons. The van der Waals surface area contributed by atoms with E-state index in [1.54, 1.807) is 0 Å². The van der Waals surface area contributed by atoms with E-state index in [9.17, 15) is 0 Å². The monoisotopic (exact) mass is 247 g/mol. The maximum absolute atomic E-state index is 5.97. The molecular weight excluding hydrogens is 222 g/mol. The Bertz CT molecular complexity index is 314. The van der Waals surface area contributed by atoms with Gasteiger partial charge in [-0.25, -0.2) is 0 Å². The molecule has 1 unspecified atom stereocenters. The van der Waals surface area contributed by atoms with E-state index < -0.39 is 0 Å². The summed E-state index contributed by atoms with van der Waals surface area (Å²) in [6.45, 7) is 2.22. The van der Waals surface area contributed by atoms with Crippen molar-refractivity contribution in [2.45, 2.75) is 57.6 Å². The Kier molecular flexibility index (Phi) is 5.06. The number of hydrogen-bond acceptors (Lipinski definition) is 2. The van der Waals surface area contributed by atoms with Gasteiger partial charge in [0.1, 0.15) is 5.75 Å². The molecular formula is C16H25NO. The van der Waals surface area contributed by atoms with Crippen LogP contribution in [0.15, 0.2) is 24.3 Å². The smallest absolute Gasteiger partial charge is 0.119 e. The lowest BCUT2D eigenvalue weighted by Crippen LogP contribution is -2.26. The molecule has 18 heavy (non-hydrogen) atoms. The zero-order valence-corrected chi connectivity index (χ0v) is 11.6. The highest BCUT2D eigenvalue weighted by Gasteiger charge is 2.16. The average molecular weight is 247 g/mol. The molecule has 0 amide bonds. The van der Waals surface area contributed by atoms with Crippen molar-refractivity contribution < 1.29 is 4.74 Å². The predicted molar refractivity (Wildman–Crippen MR) is 76.2 cm³/mol. The fourth-order valence-electron chi connectivity index (χ4n) is 2.64. The summed E-state index contributed by atoms with van der Waals surface area (Å²) in [5.74, 6) is 1.03. The summed E-state index contributed by atoms with van der Waals surface area (Å²) in [6, 6.07) is 9.22. The van der Waals surface area contributed by atoms with Gasteiger partial charge in [0.2, 0.25) is 0 Å². The van der Waals surface area contributed by atoms with Crippen LogP contribution in [0.1, 0.15) is 44.6 Å². The number of ether oxygens (including phenoxy) is 1. The van der Waals surface area contributed by atoms with Gasteiger partial charge >= 0.3 is 0 Å². The number of hydrogen-bond donors (Lipinski definition) is 1. The lowest BCUT2D eigenvalue weighted by molar-refractivity contribution is 0.210. The van der Waals surface area contributed by atoms with Crippen LogP contribution in [0.25, 0.3) is 0 Å². The lowest BCUT2D eigenvalue weighted by atomic mass is 10.0. The third-order valence-corrected chi connectivity index (χ3v) is 3.91. The van der Waals surface area contributed by atoms with Gasteiger partial charge in [-0.05, 0) is 63.3 Å². The summed E-state index contributed by atoms with van der Waals surface area (Å²) >= 11 is 0. The molecule has 1 saturated carbocycles. The Balaban J connectivity index is 1.88. The second-order valence-electron chi connectivity index (χ2n) is 5.27. The second-order valence-corrected chi connectivity index (χ2v) is 5.27. The van der Waals surface area contributed by atoms with E-state index in [1.807, 2.05) is 7.05 Å². The molecule has 0 heterocycles.